The molecule has 2 unspecified atom stereocenters. The number of carbonyl (C=O) groups excluding carboxylic acids is 1. The second-order valence-corrected chi connectivity index (χ2v) is 8.68. The number of para-hydroxylation sites is 2. The van der Waals surface area contributed by atoms with E-state index in [4.69, 9.17) is 38.4 Å². The summed E-state index contributed by atoms with van der Waals surface area (Å²) < 4.78 is 11.5. The van der Waals surface area contributed by atoms with Crippen LogP contribution in [0.1, 0.15) is 17.2 Å². The molecule has 2 atom stereocenters. The summed E-state index contributed by atoms with van der Waals surface area (Å²) in [6.45, 7) is 1.78. The molecule has 180 valence electrons. The topological polar surface area (TPSA) is 64.8 Å². The lowest BCUT2D eigenvalue weighted by Gasteiger charge is -2.34. The minimum atomic E-state index is -0.309. The number of aldehydes is 1. The maximum atomic E-state index is 11.9. The highest BCUT2D eigenvalue weighted by molar-refractivity contribution is 6.37. The Morgan fingerprint density at radius 2 is 1.62 bits per heavy atom. The Morgan fingerprint density at radius 3 is 2.29 bits per heavy atom. The van der Waals surface area contributed by atoms with Crippen LogP contribution in [-0.2, 0) is 11.2 Å². The third-order valence-corrected chi connectivity index (χ3v) is 6.45. The maximum Gasteiger partial charge on any atom is 0.156 e. The second kappa shape index (κ2) is 12.3. The summed E-state index contributed by atoms with van der Waals surface area (Å²) in [6.07, 6.45) is 1.92. The zero-order valence-electron chi connectivity index (χ0n) is 18.5. The molecule has 1 aliphatic heterocycles. The number of anilines is 1. The second-order valence-electron chi connectivity index (χ2n) is 7.87. The van der Waals surface area contributed by atoms with E-state index in [0.717, 1.165) is 24.8 Å². The van der Waals surface area contributed by atoms with Gasteiger partial charge in [0.25, 0.3) is 0 Å². The van der Waals surface area contributed by atoms with Crippen LogP contribution in [0.2, 0.25) is 10.0 Å². The molecule has 1 aliphatic rings. The van der Waals surface area contributed by atoms with Crippen molar-refractivity contribution in [2.75, 3.05) is 31.2 Å². The van der Waals surface area contributed by atoms with Gasteiger partial charge in [-0.05, 0) is 47.9 Å². The van der Waals surface area contributed by atoms with E-state index < -0.39 is 0 Å². The first-order valence-corrected chi connectivity index (χ1v) is 11.7. The van der Waals surface area contributed by atoms with Crippen molar-refractivity contribution in [2.24, 2.45) is 11.7 Å². The summed E-state index contributed by atoms with van der Waals surface area (Å²) in [4.78, 5) is 14.2. The molecular formula is C26H27Cl3N2O3. The highest BCUT2D eigenvalue weighted by Crippen LogP contribution is 2.38. The van der Waals surface area contributed by atoms with E-state index in [-0.39, 0.29) is 30.9 Å². The number of hydrogen-bond acceptors (Lipinski definition) is 5. The molecule has 0 fully saturated rings. The van der Waals surface area contributed by atoms with Crippen LogP contribution in [0.4, 0.5) is 5.69 Å². The Bertz CT molecular complexity index is 1070. The number of nitrogens with two attached hydrogens (primary N) is 1. The molecule has 2 N–H and O–H groups in total. The molecule has 4 rings (SSSR count). The van der Waals surface area contributed by atoms with Gasteiger partial charge in [0.2, 0.25) is 0 Å². The van der Waals surface area contributed by atoms with E-state index in [1.165, 1.54) is 11.3 Å². The lowest BCUT2D eigenvalue weighted by atomic mass is 9.92. The average molecular weight is 522 g/mol. The van der Waals surface area contributed by atoms with E-state index in [2.05, 4.69) is 17.0 Å². The Hall–Kier alpha value is -2.44. The lowest BCUT2D eigenvalue weighted by molar-refractivity contribution is -0.111. The summed E-state index contributed by atoms with van der Waals surface area (Å²) in [7, 11) is 0. The smallest absolute Gasteiger partial charge is 0.156 e. The molecule has 3 aromatic carbocycles. The van der Waals surface area contributed by atoms with Crippen LogP contribution in [0.15, 0.2) is 66.7 Å². The lowest BCUT2D eigenvalue weighted by Crippen LogP contribution is -2.36. The monoisotopic (exact) mass is 520 g/mol. The Morgan fingerprint density at radius 1 is 0.941 bits per heavy atom. The first-order chi connectivity index (χ1) is 16.1. The van der Waals surface area contributed by atoms with Crippen LogP contribution >= 0.6 is 35.6 Å². The van der Waals surface area contributed by atoms with Crippen LogP contribution in [0.5, 0.6) is 11.5 Å². The molecule has 0 saturated heterocycles. The normalized spacial score (nSPS) is 14.0. The molecule has 0 aromatic heterocycles. The van der Waals surface area contributed by atoms with E-state index in [1.807, 2.05) is 36.4 Å². The van der Waals surface area contributed by atoms with Crippen LogP contribution in [-0.4, -0.2) is 32.6 Å². The molecule has 0 spiro atoms. The van der Waals surface area contributed by atoms with Gasteiger partial charge in [-0.1, -0.05) is 59.6 Å². The largest absolute Gasteiger partial charge is 0.490 e. The van der Waals surface area contributed by atoms with Gasteiger partial charge in [-0.3, -0.25) is 0 Å². The van der Waals surface area contributed by atoms with Gasteiger partial charge in [-0.2, -0.15) is 0 Å². The quantitative estimate of drug-likeness (QED) is 0.272. The van der Waals surface area contributed by atoms with Gasteiger partial charge in [0.05, 0.1) is 22.0 Å². The average Bonchev–Trinajstić information content (AvgIpc) is 3.26. The summed E-state index contributed by atoms with van der Waals surface area (Å²) in [6, 6.07) is 21.2. The number of ether oxygens (including phenoxy) is 2. The molecule has 0 bridgehead atoms. The molecule has 1 heterocycles. The van der Waals surface area contributed by atoms with Gasteiger partial charge in [0.1, 0.15) is 25.2 Å². The van der Waals surface area contributed by atoms with Crippen LogP contribution in [0.25, 0.3) is 0 Å². The van der Waals surface area contributed by atoms with Crippen molar-refractivity contribution in [3.05, 3.63) is 87.9 Å². The number of nitrogens with zero attached hydrogens (tertiary/aromatic N) is 1. The predicted octanol–water partition coefficient (Wildman–Crippen LogP) is 5.75. The first-order valence-electron chi connectivity index (χ1n) is 10.9. The Labute approximate surface area is 216 Å². The molecule has 3 aromatic rings. The van der Waals surface area contributed by atoms with Crippen LogP contribution < -0.4 is 20.1 Å². The molecule has 0 radical (unpaired) electrons. The highest BCUT2D eigenvalue weighted by atomic mass is 35.5. The Kier molecular flexibility index (Phi) is 9.48. The number of benzene rings is 3. The first kappa shape index (κ1) is 26.2. The fourth-order valence-electron chi connectivity index (χ4n) is 4.25. The maximum absolute atomic E-state index is 11.9. The van der Waals surface area contributed by atoms with E-state index in [0.29, 0.717) is 34.8 Å². The molecular weight excluding hydrogens is 495 g/mol. The summed E-state index contributed by atoms with van der Waals surface area (Å²) in [5.41, 5.74) is 9.46. The molecule has 0 saturated carbocycles. The van der Waals surface area contributed by atoms with Crippen molar-refractivity contribution < 1.29 is 14.3 Å². The van der Waals surface area contributed by atoms with Gasteiger partial charge in [0.15, 0.2) is 5.75 Å². The standard InChI is InChI=1S/C26H26Cl2N2O3.ClH/c27-22-5-3-6-23(28)26(22)33-15-14-32-21-10-8-19(9-11-21)25(20(16-29)17-31)30-13-12-18-4-1-2-7-24(18)30;/h1-11,17,20,25H,12-16,29H2;1H. The number of fused-ring (bicyclic) bond motifs is 1. The predicted molar refractivity (Wildman–Crippen MR) is 140 cm³/mol. The number of hydrogen-bond donors (Lipinski definition) is 1. The van der Waals surface area contributed by atoms with Crippen molar-refractivity contribution in [1.82, 2.24) is 0 Å². The summed E-state index contributed by atoms with van der Waals surface area (Å²) in [5, 5.41) is 0.928. The van der Waals surface area contributed by atoms with Gasteiger partial charge < -0.3 is 24.9 Å². The molecule has 0 aliphatic carbocycles. The minimum absolute atomic E-state index is 0. The number of halogens is 3. The van der Waals surface area contributed by atoms with Gasteiger partial charge in [0, 0.05) is 18.8 Å². The summed E-state index contributed by atoms with van der Waals surface area (Å²) in [5.74, 6) is 0.857. The summed E-state index contributed by atoms with van der Waals surface area (Å²) >= 11 is 12.2. The van der Waals surface area contributed by atoms with Crippen molar-refractivity contribution in [1.29, 1.82) is 0 Å². The number of rotatable bonds is 10. The van der Waals surface area contributed by atoms with E-state index in [1.54, 1.807) is 18.2 Å². The van der Waals surface area contributed by atoms with Crippen molar-refractivity contribution in [2.45, 2.75) is 12.5 Å². The van der Waals surface area contributed by atoms with Crippen LogP contribution in [0.3, 0.4) is 0 Å². The van der Waals surface area contributed by atoms with Crippen molar-refractivity contribution in [3.8, 4) is 11.5 Å². The fraction of sp³-hybridized carbons (Fsp3) is 0.269. The zero-order chi connectivity index (χ0) is 23.2. The molecule has 5 nitrogen and oxygen atoms in total. The van der Waals surface area contributed by atoms with Gasteiger partial charge in [-0.15, -0.1) is 12.4 Å². The molecule has 8 heteroatoms. The minimum Gasteiger partial charge on any atom is -0.490 e. The van der Waals surface area contributed by atoms with Gasteiger partial charge >= 0.3 is 0 Å². The van der Waals surface area contributed by atoms with E-state index >= 15 is 0 Å². The molecule has 0 amide bonds. The van der Waals surface area contributed by atoms with E-state index in [9.17, 15) is 4.79 Å². The van der Waals surface area contributed by atoms with Crippen molar-refractivity contribution in [3.63, 3.8) is 0 Å². The number of carbonyl (C=O) groups is 1. The fourth-order valence-corrected chi connectivity index (χ4v) is 4.76. The third-order valence-electron chi connectivity index (χ3n) is 5.85. The zero-order valence-corrected chi connectivity index (χ0v) is 20.9. The van der Waals surface area contributed by atoms with Gasteiger partial charge in [-0.25, -0.2) is 0 Å². The Balaban J connectivity index is 0.00000324. The SMILES string of the molecule is Cl.NCC(C=O)C(c1ccc(OCCOc2c(Cl)cccc2Cl)cc1)N1CCc2ccccc21. The van der Waals surface area contributed by atoms with Crippen molar-refractivity contribution >= 4 is 47.6 Å². The highest BCUT2D eigenvalue weighted by Gasteiger charge is 2.32. The third kappa shape index (κ3) is 5.78. The molecule has 34 heavy (non-hydrogen) atoms. The van der Waals surface area contributed by atoms with Crippen LogP contribution in [0, 0.1) is 5.92 Å².